The van der Waals surface area contributed by atoms with Crippen LogP contribution in [0.1, 0.15) is 33.6 Å². The summed E-state index contributed by atoms with van der Waals surface area (Å²) < 4.78 is 5.51. The van der Waals surface area contributed by atoms with Gasteiger partial charge in [-0.25, -0.2) is 0 Å². The lowest BCUT2D eigenvalue weighted by Gasteiger charge is -2.24. The van der Waals surface area contributed by atoms with Gasteiger partial charge < -0.3 is 10.1 Å². The predicted octanol–water partition coefficient (Wildman–Crippen LogP) is 1.69. The summed E-state index contributed by atoms with van der Waals surface area (Å²) in [6.07, 6.45) is 1.54. The third kappa shape index (κ3) is 7.76. The molecular weight excluding hydrogens is 164 g/mol. The summed E-state index contributed by atoms with van der Waals surface area (Å²) in [7, 11) is 0. The van der Waals surface area contributed by atoms with E-state index in [4.69, 9.17) is 10.00 Å². The minimum Gasteiger partial charge on any atom is -0.375 e. The van der Waals surface area contributed by atoms with Gasteiger partial charge in [-0.2, -0.15) is 5.26 Å². The molecule has 3 nitrogen and oxygen atoms in total. The van der Waals surface area contributed by atoms with Crippen molar-refractivity contribution < 1.29 is 4.74 Å². The summed E-state index contributed by atoms with van der Waals surface area (Å²) in [6, 6.07) is 2.12. The molecular formula is C10H20N2O. The van der Waals surface area contributed by atoms with E-state index in [1.165, 1.54) is 0 Å². The van der Waals surface area contributed by atoms with Gasteiger partial charge in [0.25, 0.3) is 0 Å². The van der Waals surface area contributed by atoms with Crippen LogP contribution in [0.4, 0.5) is 0 Å². The summed E-state index contributed by atoms with van der Waals surface area (Å²) in [5.74, 6) is 0. The van der Waals surface area contributed by atoms with E-state index in [0.29, 0.717) is 6.42 Å². The Morgan fingerprint density at radius 3 is 2.69 bits per heavy atom. The number of nitrogens with one attached hydrogen (secondary N) is 1. The first-order valence-electron chi connectivity index (χ1n) is 4.84. The molecule has 0 amide bonds. The van der Waals surface area contributed by atoms with Gasteiger partial charge in [-0.05, 0) is 33.7 Å². The van der Waals surface area contributed by atoms with Crippen LogP contribution in [-0.4, -0.2) is 25.3 Å². The number of rotatable bonds is 7. The average molecular weight is 184 g/mol. The number of hydrogen-bond donors (Lipinski definition) is 1. The van der Waals surface area contributed by atoms with Crippen molar-refractivity contribution >= 4 is 0 Å². The maximum Gasteiger partial charge on any atom is 0.0750 e. The molecule has 0 aromatic carbocycles. The van der Waals surface area contributed by atoms with Gasteiger partial charge in [0.2, 0.25) is 0 Å². The smallest absolute Gasteiger partial charge is 0.0750 e. The molecule has 76 valence electrons. The van der Waals surface area contributed by atoms with E-state index < -0.39 is 0 Å². The molecule has 0 saturated heterocycles. The SMILES string of the molecule is CCOC(C)(C)CNCCCC#N. The molecule has 0 atom stereocenters. The van der Waals surface area contributed by atoms with Crippen molar-refractivity contribution in [2.75, 3.05) is 19.7 Å². The molecule has 0 aliphatic rings. The van der Waals surface area contributed by atoms with E-state index >= 15 is 0 Å². The van der Waals surface area contributed by atoms with E-state index in [2.05, 4.69) is 25.2 Å². The summed E-state index contributed by atoms with van der Waals surface area (Å²) in [4.78, 5) is 0. The number of unbranched alkanes of at least 4 members (excludes halogenated alkanes) is 1. The quantitative estimate of drug-likeness (QED) is 0.612. The standard InChI is InChI=1S/C10H20N2O/c1-4-13-10(2,3)9-12-8-6-5-7-11/h12H,4-6,8-9H2,1-3H3. The summed E-state index contributed by atoms with van der Waals surface area (Å²) >= 11 is 0. The molecule has 0 bridgehead atoms. The van der Waals surface area contributed by atoms with Crippen molar-refractivity contribution in [2.24, 2.45) is 0 Å². The van der Waals surface area contributed by atoms with Crippen LogP contribution < -0.4 is 5.32 Å². The minimum absolute atomic E-state index is 0.0958. The van der Waals surface area contributed by atoms with Gasteiger partial charge in [-0.1, -0.05) is 0 Å². The molecule has 3 heteroatoms. The van der Waals surface area contributed by atoms with Gasteiger partial charge in [0.05, 0.1) is 11.7 Å². The topological polar surface area (TPSA) is 45.0 Å². The predicted molar refractivity (Wildman–Crippen MR) is 53.4 cm³/mol. The minimum atomic E-state index is -0.0958. The Kier molecular flexibility index (Phi) is 6.56. The Hall–Kier alpha value is -0.590. The lowest BCUT2D eigenvalue weighted by molar-refractivity contribution is -0.00864. The number of ether oxygens (including phenoxy) is 1. The highest BCUT2D eigenvalue weighted by atomic mass is 16.5. The van der Waals surface area contributed by atoms with Crippen LogP contribution in [0.25, 0.3) is 0 Å². The fraction of sp³-hybridized carbons (Fsp3) is 0.900. The van der Waals surface area contributed by atoms with Crippen molar-refractivity contribution in [3.63, 3.8) is 0 Å². The van der Waals surface area contributed by atoms with Gasteiger partial charge in [0, 0.05) is 19.6 Å². The first kappa shape index (κ1) is 12.4. The molecule has 0 radical (unpaired) electrons. The Morgan fingerprint density at radius 1 is 1.46 bits per heavy atom. The number of nitriles is 1. The lowest BCUT2D eigenvalue weighted by Crippen LogP contribution is -2.38. The second-order valence-electron chi connectivity index (χ2n) is 3.63. The van der Waals surface area contributed by atoms with E-state index in [0.717, 1.165) is 26.1 Å². The first-order valence-corrected chi connectivity index (χ1v) is 4.84. The molecule has 0 fully saturated rings. The maximum absolute atomic E-state index is 8.31. The normalized spacial score (nSPS) is 11.2. The zero-order valence-electron chi connectivity index (χ0n) is 8.89. The largest absolute Gasteiger partial charge is 0.375 e. The zero-order valence-corrected chi connectivity index (χ0v) is 8.89. The second-order valence-corrected chi connectivity index (χ2v) is 3.63. The Labute approximate surface area is 81.1 Å². The highest BCUT2D eigenvalue weighted by molar-refractivity contribution is 4.73. The van der Waals surface area contributed by atoms with Gasteiger partial charge in [0.1, 0.15) is 0 Å². The second kappa shape index (κ2) is 6.88. The van der Waals surface area contributed by atoms with Gasteiger partial charge in [0.15, 0.2) is 0 Å². The molecule has 0 aromatic heterocycles. The van der Waals surface area contributed by atoms with Crippen molar-refractivity contribution in [3.05, 3.63) is 0 Å². The average Bonchev–Trinajstić information content (AvgIpc) is 2.04. The number of nitrogens with zero attached hydrogens (tertiary/aromatic N) is 1. The molecule has 0 aliphatic carbocycles. The Bertz CT molecular complexity index is 161. The van der Waals surface area contributed by atoms with E-state index in [1.54, 1.807) is 0 Å². The van der Waals surface area contributed by atoms with Crippen LogP contribution in [0.3, 0.4) is 0 Å². The molecule has 0 unspecified atom stereocenters. The Balaban J connectivity index is 3.36. The summed E-state index contributed by atoms with van der Waals surface area (Å²) in [5, 5.41) is 11.6. The van der Waals surface area contributed by atoms with Crippen molar-refractivity contribution in [1.82, 2.24) is 5.32 Å². The third-order valence-electron chi connectivity index (χ3n) is 1.73. The fourth-order valence-corrected chi connectivity index (χ4v) is 1.12. The van der Waals surface area contributed by atoms with Crippen LogP contribution in [0, 0.1) is 11.3 Å². The van der Waals surface area contributed by atoms with E-state index in [-0.39, 0.29) is 5.60 Å². The monoisotopic (exact) mass is 184 g/mol. The van der Waals surface area contributed by atoms with E-state index in [1.807, 2.05) is 6.92 Å². The molecule has 0 rings (SSSR count). The fourth-order valence-electron chi connectivity index (χ4n) is 1.12. The van der Waals surface area contributed by atoms with E-state index in [9.17, 15) is 0 Å². The van der Waals surface area contributed by atoms with Crippen molar-refractivity contribution in [2.45, 2.75) is 39.2 Å². The molecule has 0 spiro atoms. The number of hydrogen-bond acceptors (Lipinski definition) is 3. The Morgan fingerprint density at radius 2 is 2.15 bits per heavy atom. The van der Waals surface area contributed by atoms with Crippen molar-refractivity contribution in [1.29, 1.82) is 5.26 Å². The molecule has 1 N–H and O–H groups in total. The highest BCUT2D eigenvalue weighted by Gasteiger charge is 2.15. The molecule has 13 heavy (non-hydrogen) atoms. The van der Waals surface area contributed by atoms with Crippen LogP contribution >= 0.6 is 0 Å². The van der Waals surface area contributed by atoms with Gasteiger partial charge in [-0.3, -0.25) is 0 Å². The summed E-state index contributed by atoms with van der Waals surface area (Å²) in [6.45, 7) is 8.60. The van der Waals surface area contributed by atoms with Crippen LogP contribution in [0.5, 0.6) is 0 Å². The zero-order chi connectivity index (χ0) is 10.2. The summed E-state index contributed by atoms with van der Waals surface area (Å²) in [5.41, 5.74) is -0.0958. The van der Waals surface area contributed by atoms with Crippen LogP contribution in [0.2, 0.25) is 0 Å². The van der Waals surface area contributed by atoms with Gasteiger partial charge in [-0.15, -0.1) is 0 Å². The van der Waals surface area contributed by atoms with Gasteiger partial charge >= 0.3 is 0 Å². The molecule has 0 heterocycles. The van der Waals surface area contributed by atoms with Crippen molar-refractivity contribution in [3.8, 4) is 6.07 Å². The lowest BCUT2D eigenvalue weighted by atomic mass is 10.1. The van der Waals surface area contributed by atoms with Crippen LogP contribution in [-0.2, 0) is 4.74 Å². The highest BCUT2D eigenvalue weighted by Crippen LogP contribution is 2.06. The molecule has 0 aliphatic heterocycles. The molecule has 0 saturated carbocycles. The van der Waals surface area contributed by atoms with Crippen LogP contribution in [0.15, 0.2) is 0 Å². The maximum atomic E-state index is 8.31. The first-order chi connectivity index (χ1) is 6.12. The third-order valence-corrected chi connectivity index (χ3v) is 1.73. The molecule has 0 aromatic rings.